The van der Waals surface area contributed by atoms with Crippen molar-refractivity contribution in [3.8, 4) is 0 Å². The van der Waals surface area contributed by atoms with Crippen LogP contribution in [-0.4, -0.2) is 48.1 Å². The molecule has 1 saturated heterocycles. The summed E-state index contributed by atoms with van der Waals surface area (Å²) in [7, 11) is 1.63. The molecule has 0 saturated carbocycles. The van der Waals surface area contributed by atoms with Crippen LogP contribution in [0.25, 0.3) is 0 Å². The number of para-hydroxylation sites is 1. The molecule has 2 aliphatic heterocycles. The molecule has 0 radical (unpaired) electrons. The van der Waals surface area contributed by atoms with Crippen LogP contribution in [0.1, 0.15) is 31.0 Å². The Hall–Kier alpha value is -2.78. The normalized spacial score (nSPS) is 21.9. The molecule has 0 spiro atoms. The molecule has 0 aliphatic carbocycles. The van der Waals surface area contributed by atoms with Crippen molar-refractivity contribution in [1.82, 2.24) is 10.1 Å². The predicted octanol–water partition coefficient (Wildman–Crippen LogP) is 1.19. The van der Waals surface area contributed by atoms with Gasteiger partial charge in [-0.05, 0) is 12.1 Å². The Morgan fingerprint density at radius 1 is 1.30 bits per heavy atom. The molecule has 3 heterocycles. The number of hydrogen-bond donors (Lipinski definition) is 1. The highest BCUT2D eigenvalue weighted by atomic mass is 16.5. The first-order valence-corrected chi connectivity index (χ1v) is 8.81. The molecule has 9 heteroatoms. The molecule has 142 valence electrons. The summed E-state index contributed by atoms with van der Waals surface area (Å²) in [6.45, 7) is 1.15. The van der Waals surface area contributed by atoms with Gasteiger partial charge in [0.25, 0.3) is 5.89 Å². The van der Waals surface area contributed by atoms with E-state index in [1.54, 1.807) is 12.1 Å². The highest BCUT2D eigenvalue weighted by Gasteiger charge is 2.41. The van der Waals surface area contributed by atoms with E-state index in [0.717, 1.165) is 5.69 Å². The van der Waals surface area contributed by atoms with Crippen LogP contribution in [0.4, 0.5) is 5.69 Å². The fraction of sp³-hybridized carbons (Fsp3) is 0.444. The van der Waals surface area contributed by atoms with Crippen molar-refractivity contribution in [1.29, 1.82) is 0 Å². The molecule has 1 aromatic heterocycles. The molecule has 2 N–H and O–H groups in total. The van der Waals surface area contributed by atoms with Crippen LogP contribution >= 0.6 is 0 Å². The largest absolute Gasteiger partial charge is 0.381 e. The lowest BCUT2D eigenvalue weighted by atomic mass is 9.93. The van der Waals surface area contributed by atoms with Crippen LogP contribution in [-0.2, 0) is 19.9 Å². The molecule has 1 fully saturated rings. The number of rotatable bonds is 5. The molecule has 1 amide bonds. The van der Waals surface area contributed by atoms with Gasteiger partial charge in [0.15, 0.2) is 0 Å². The Morgan fingerprint density at radius 2 is 2.04 bits per heavy atom. The molecule has 1 atom stereocenters. The molecular formula is C18H21N5O4. The van der Waals surface area contributed by atoms with E-state index in [9.17, 15) is 4.79 Å². The zero-order valence-corrected chi connectivity index (χ0v) is 15.0. The number of hydrazone groups is 1. The Labute approximate surface area is 156 Å². The van der Waals surface area contributed by atoms with Gasteiger partial charge in [-0.15, -0.1) is 0 Å². The fourth-order valence-electron chi connectivity index (χ4n) is 3.43. The van der Waals surface area contributed by atoms with Gasteiger partial charge in [-0.2, -0.15) is 10.1 Å². The minimum atomic E-state index is -0.624. The van der Waals surface area contributed by atoms with Crippen molar-refractivity contribution in [2.45, 2.75) is 30.9 Å². The third kappa shape index (κ3) is 3.19. The van der Waals surface area contributed by atoms with Crippen molar-refractivity contribution in [2.75, 3.05) is 25.3 Å². The van der Waals surface area contributed by atoms with E-state index in [1.165, 1.54) is 0 Å². The maximum Gasteiger partial charge on any atom is 0.274 e. The van der Waals surface area contributed by atoms with Gasteiger partial charge in [0.1, 0.15) is 17.4 Å². The first-order valence-electron chi connectivity index (χ1n) is 8.81. The minimum absolute atomic E-state index is 0.276. The van der Waals surface area contributed by atoms with Crippen molar-refractivity contribution >= 4 is 17.3 Å². The number of ether oxygens (including phenoxy) is 2. The van der Waals surface area contributed by atoms with Gasteiger partial charge in [-0.3, -0.25) is 9.80 Å². The second kappa shape index (κ2) is 7.09. The molecule has 27 heavy (non-hydrogen) atoms. The average Bonchev–Trinajstić information content (AvgIpc) is 3.37. The number of benzene rings is 1. The summed E-state index contributed by atoms with van der Waals surface area (Å²) < 4.78 is 16.6. The lowest BCUT2D eigenvalue weighted by Crippen LogP contribution is -2.39. The molecule has 0 bridgehead atoms. The lowest BCUT2D eigenvalue weighted by Gasteiger charge is -2.32. The van der Waals surface area contributed by atoms with E-state index in [1.807, 2.05) is 30.3 Å². The first kappa shape index (κ1) is 17.6. The Balaban J connectivity index is 1.64. The Morgan fingerprint density at radius 3 is 2.70 bits per heavy atom. The summed E-state index contributed by atoms with van der Waals surface area (Å²) in [5, 5.41) is 10.2. The van der Waals surface area contributed by atoms with Crippen molar-refractivity contribution in [3.05, 3.63) is 42.0 Å². The number of primary amides is 1. The maximum absolute atomic E-state index is 11.9. The van der Waals surface area contributed by atoms with Crippen molar-refractivity contribution in [3.63, 3.8) is 0 Å². The van der Waals surface area contributed by atoms with E-state index < -0.39 is 17.6 Å². The number of aromatic nitrogens is 2. The monoisotopic (exact) mass is 371 g/mol. The molecule has 1 unspecified atom stereocenters. The smallest absolute Gasteiger partial charge is 0.274 e. The molecule has 4 rings (SSSR count). The minimum Gasteiger partial charge on any atom is -0.381 e. The van der Waals surface area contributed by atoms with Gasteiger partial charge < -0.3 is 19.7 Å². The number of carbonyl (C=O) groups is 1. The third-order valence-corrected chi connectivity index (χ3v) is 5.03. The van der Waals surface area contributed by atoms with E-state index in [-0.39, 0.29) is 5.89 Å². The Bertz CT molecular complexity index is 844. The van der Waals surface area contributed by atoms with Crippen molar-refractivity contribution < 1.29 is 18.8 Å². The number of amides is 1. The zero-order valence-electron chi connectivity index (χ0n) is 15.0. The molecular weight excluding hydrogens is 350 g/mol. The molecule has 1 aromatic carbocycles. The average molecular weight is 371 g/mol. The van der Waals surface area contributed by atoms with Crippen LogP contribution in [0.5, 0.6) is 0 Å². The van der Waals surface area contributed by atoms with Gasteiger partial charge in [0.2, 0.25) is 11.7 Å². The van der Waals surface area contributed by atoms with Crippen LogP contribution in [0.3, 0.4) is 0 Å². The maximum atomic E-state index is 11.9. The third-order valence-electron chi connectivity index (χ3n) is 5.03. The summed E-state index contributed by atoms with van der Waals surface area (Å²) in [5.74, 6) is 0.285. The fourth-order valence-corrected chi connectivity index (χ4v) is 3.43. The molecule has 2 aromatic rings. The second-order valence-electron chi connectivity index (χ2n) is 6.58. The number of carbonyl (C=O) groups excluding carboxylic acids is 1. The van der Waals surface area contributed by atoms with Gasteiger partial charge in [0, 0.05) is 39.6 Å². The standard InChI is InChI=1S/C18H21N5O4/c1-25-18(7-9-26-10-8-18)17-20-16(27-22-17)13-11-14(15(19)24)23(21-13)12-5-3-2-4-6-12/h2-6,14H,7-11H2,1H3,(H2,19,24). The van der Waals surface area contributed by atoms with Gasteiger partial charge in [0.05, 0.1) is 5.69 Å². The first-order chi connectivity index (χ1) is 13.1. The predicted molar refractivity (Wildman–Crippen MR) is 96.1 cm³/mol. The van der Waals surface area contributed by atoms with E-state index in [4.69, 9.17) is 19.7 Å². The van der Waals surface area contributed by atoms with E-state index in [0.29, 0.717) is 44.0 Å². The number of methoxy groups -OCH3 is 1. The van der Waals surface area contributed by atoms with Gasteiger partial charge in [-0.25, -0.2) is 0 Å². The summed E-state index contributed by atoms with van der Waals surface area (Å²) in [4.78, 5) is 16.4. The van der Waals surface area contributed by atoms with Crippen LogP contribution in [0, 0.1) is 0 Å². The topological polar surface area (TPSA) is 116 Å². The molecule has 9 nitrogen and oxygen atoms in total. The molecule has 2 aliphatic rings. The number of nitrogens with zero attached hydrogens (tertiary/aromatic N) is 4. The zero-order chi connectivity index (χ0) is 18.9. The number of anilines is 1. The van der Waals surface area contributed by atoms with Crippen LogP contribution in [0.2, 0.25) is 0 Å². The SMILES string of the molecule is COC1(c2noc(C3=NN(c4ccccc4)C(C(N)=O)C3)n2)CCOCC1. The number of hydrogen-bond acceptors (Lipinski definition) is 8. The highest BCUT2D eigenvalue weighted by molar-refractivity contribution is 6.04. The second-order valence-corrected chi connectivity index (χ2v) is 6.58. The summed E-state index contributed by atoms with van der Waals surface area (Å²) in [5.41, 5.74) is 6.25. The summed E-state index contributed by atoms with van der Waals surface area (Å²) in [6.07, 6.45) is 1.60. The number of nitrogens with two attached hydrogens (primary N) is 1. The highest BCUT2D eigenvalue weighted by Crippen LogP contribution is 2.34. The van der Waals surface area contributed by atoms with Crippen LogP contribution < -0.4 is 10.7 Å². The Kier molecular flexibility index (Phi) is 4.63. The summed E-state index contributed by atoms with van der Waals surface area (Å²) >= 11 is 0. The van der Waals surface area contributed by atoms with Crippen molar-refractivity contribution in [2.24, 2.45) is 10.8 Å². The van der Waals surface area contributed by atoms with E-state index in [2.05, 4.69) is 15.2 Å². The van der Waals surface area contributed by atoms with Gasteiger partial charge in [-0.1, -0.05) is 23.4 Å². The quantitative estimate of drug-likeness (QED) is 0.839. The van der Waals surface area contributed by atoms with E-state index >= 15 is 0 Å². The lowest BCUT2D eigenvalue weighted by molar-refractivity contribution is -0.119. The van der Waals surface area contributed by atoms with Crippen LogP contribution in [0.15, 0.2) is 40.0 Å². The van der Waals surface area contributed by atoms with Gasteiger partial charge >= 0.3 is 0 Å². The summed E-state index contributed by atoms with van der Waals surface area (Å²) in [6, 6.07) is 8.77.